The summed E-state index contributed by atoms with van der Waals surface area (Å²) in [5.74, 6) is -1.26. The molecule has 3 amide bonds. The number of benzene rings is 3. The van der Waals surface area contributed by atoms with Crippen molar-refractivity contribution in [1.29, 1.82) is 0 Å². The maximum absolute atomic E-state index is 13.9. The number of hydrogen-bond acceptors (Lipinski definition) is 5. The lowest BCUT2D eigenvalue weighted by Crippen LogP contribution is -2.53. The fraction of sp³-hybridized carbons (Fsp3) is 0.344. The van der Waals surface area contributed by atoms with Crippen LogP contribution in [0.25, 0.3) is 0 Å². The number of carbonyl (C=O) groups excluding carboxylic acids is 3. The van der Waals surface area contributed by atoms with E-state index in [0.29, 0.717) is 6.42 Å². The maximum Gasteiger partial charge on any atom is 0.269 e. The summed E-state index contributed by atoms with van der Waals surface area (Å²) in [4.78, 5) is 42.2. The number of amides is 3. The first kappa shape index (κ1) is 28.5. The average molecular weight is 574 g/mol. The van der Waals surface area contributed by atoms with Crippen molar-refractivity contribution in [3.63, 3.8) is 0 Å². The van der Waals surface area contributed by atoms with Gasteiger partial charge in [0.25, 0.3) is 15.9 Å². The minimum Gasteiger partial charge on any atom is -0.352 e. The van der Waals surface area contributed by atoms with Gasteiger partial charge in [0.2, 0.25) is 11.8 Å². The maximum atomic E-state index is 13.9. The van der Waals surface area contributed by atoms with Gasteiger partial charge in [0, 0.05) is 32.0 Å². The molecule has 1 fully saturated rings. The molecule has 0 saturated heterocycles. The summed E-state index contributed by atoms with van der Waals surface area (Å²) in [5.41, 5.74) is 1.87. The molecule has 0 radical (unpaired) electrons. The molecule has 0 unspecified atom stereocenters. The van der Waals surface area contributed by atoms with Crippen molar-refractivity contribution in [2.45, 2.75) is 68.5 Å². The van der Waals surface area contributed by atoms with E-state index in [4.69, 9.17) is 0 Å². The third kappa shape index (κ3) is 6.51. The summed E-state index contributed by atoms with van der Waals surface area (Å²) in [6, 6.07) is 24.3. The SMILES string of the molecule is O=C(NC1CCCCC1)[C@H](Cc1ccccc1)N(Cc1ccccc1)C(=O)CCN1C(=O)c2ccccc2S1(=O)=O. The zero-order valence-corrected chi connectivity index (χ0v) is 23.8. The second-order valence-corrected chi connectivity index (χ2v) is 12.5. The lowest BCUT2D eigenvalue weighted by Gasteiger charge is -2.34. The van der Waals surface area contributed by atoms with Gasteiger partial charge in [-0.15, -0.1) is 0 Å². The molecule has 1 aliphatic carbocycles. The van der Waals surface area contributed by atoms with Crippen LogP contribution in [0.4, 0.5) is 0 Å². The minimum absolute atomic E-state index is 0.0487. The van der Waals surface area contributed by atoms with E-state index >= 15 is 0 Å². The lowest BCUT2D eigenvalue weighted by atomic mass is 9.94. The van der Waals surface area contributed by atoms with Crippen molar-refractivity contribution >= 4 is 27.7 Å². The number of sulfonamides is 1. The van der Waals surface area contributed by atoms with Crippen LogP contribution in [0.15, 0.2) is 89.8 Å². The number of carbonyl (C=O) groups is 3. The summed E-state index contributed by atoms with van der Waals surface area (Å²) in [6.45, 7) is -0.127. The fourth-order valence-corrected chi connectivity index (χ4v) is 7.24. The van der Waals surface area contributed by atoms with Crippen LogP contribution in [0.2, 0.25) is 0 Å². The smallest absolute Gasteiger partial charge is 0.269 e. The van der Waals surface area contributed by atoms with Crippen molar-refractivity contribution in [3.8, 4) is 0 Å². The van der Waals surface area contributed by atoms with Crippen molar-refractivity contribution < 1.29 is 22.8 Å². The monoisotopic (exact) mass is 573 g/mol. The third-order valence-electron chi connectivity index (χ3n) is 7.86. The molecule has 0 bridgehead atoms. The van der Waals surface area contributed by atoms with E-state index in [1.165, 1.54) is 12.1 Å². The molecule has 2 aliphatic rings. The Labute approximate surface area is 241 Å². The van der Waals surface area contributed by atoms with Gasteiger partial charge >= 0.3 is 0 Å². The summed E-state index contributed by atoms with van der Waals surface area (Å²) >= 11 is 0. The van der Waals surface area contributed by atoms with Crippen LogP contribution in [-0.4, -0.2) is 54.0 Å². The van der Waals surface area contributed by atoms with E-state index in [9.17, 15) is 22.8 Å². The Morgan fingerprint density at radius 1 is 0.854 bits per heavy atom. The van der Waals surface area contributed by atoms with Crippen molar-refractivity contribution in [2.24, 2.45) is 0 Å². The van der Waals surface area contributed by atoms with Gasteiger partial charge in [0.15, 0.2) is 0 Å². The normalized spacial score (nSPS) is 17.1. The van der Waals surface area contributed by atoms with Crippen LogP contribution in [0.1, 0.15) is 60.0 Å². The standard InChI is InChI=1S/C32H35N3O5S/c36-30(20-21-35-32(38)27-18-10-11-19-29(27)41(35,39)40)34(23-25-14-6-2-7-15-25)28(22-24-12-4-1-5-13-24)31(37)33-26-16-8-3-9-17-26/h1-2,4-7,10-15,18-19,26,28H,3,8-9,16-17,20-23H2,(H,33,37)/t28-/m0/s1. The highest BCUT2D eigenvalue weighted by molar-refractivity contribution is 7.90. The van der Waals surface area contributed by atoms with Crippen molar-refractivity contribution in [3.05, 3.63) is 102 Å². The topological polar surface area (TPSA) is 104 Å². The molecular formula is C32H35N3O5S. The number of rotatable bonds is 10. The van der Waals surface area contributed by atoms with Crippen LogP contribution in [0, 0.1) is 0 Å². The zero-order valence-electron chi connectivity index (χ0n) is 22.9. The minimum atomic E-state index is -4.05. The number of hydrogen-bond donors (Lipinski definition) is 1. The first-order valence-electron chi connectivity index (χ1n) is 14.2. The van der Waals surface area contributed by atoms with Crippen molar-refractivity contribution in [1.82, 2.24) is 14.5 Å². The van der Waals surface area contributed by atoms with Gasteiger partial charge < -0.3 is 10.2 Å². The molecule has 3 aromatic rings. The van der Waals surface area contributed by atoms with Gasteiger partial charge in [-0.3, -0.25) is 14.4 Å². The van der Waals surface area contributed by atoms with Crippen LogP contribution in [0.5, 0.6) is 0 Å². The van der Waals surface area contributed by atoms with E-state index in [2.05, 4.69) is 5.32 Å². The Morgan fingerprint density at radius 3 is 2.12 bits per heavy atom. The third-order valence-corrected chi connectivity index (χ3v) is 9.70. The summed E-state index contributed by atoms with van der Waals surface area (Å²) in [7, 11) is -4.05. The van der Waals surface area contributed by atoms with Crippen molar-refractivity contribution in [2.75, 3.05) is 6.54 Å². The van der Waals surface area contributed by atoms with Crippen LogP contribution in [0.3, 0.4) is 0 Å². The average Bonchev–Trinajstić information content (AvgIpc) is 3.19. The Bertz CT molecular complexity index is 1490. The predicted molar refractivity (Wildman–Crippen MR) is 155 cm³/mol. The first-order valence-corrected chi connectivity index (χ1v) is 15.6. The van der Waals surface area contributed by atoms with E-state index in [-0.39, 0.29) is 41.9 Å². The molecule has 214 valence electrons. The fourth-order valence-electron chi connectivity index (χ4n) is 5.67. The summed E-state index contributed by atoms with van der Waals surface area (Å²) in [6.07, 6.45) is 5.15. The molecular weight excluding hydrogens is 538 g/mol. The molecule has 5 rings (SSSR count). The van der Waals surface area contributed by atoms with Gasteiger partial charge in [-0.2, -0.15) is 0 Å². The Hall–Kier alpha value is -3.98. The number of nitrogens with one attached hydrogen (secondary N) is 1. The van der Waals surface area contributed by atoms with Crippen LogP contribution in [-0.2, 0) is 32.6 Å². The lowest BCUT2D eigenvalue weighted by molar-refractivity contribution is -0.141. The quantitative estimate of drug-likeness (QED) is 0.389. The first-order chi connectivity index (χ1) is 19.8. The molecule has 1 saturated carbocycles. The summed E-state index contributed by atoms with van der Waals surface area (Å²) in [5, 5.41) is 3.20. The largest absolute Gasteiger partial charge is 0.352 e. The Morgan fingerprint density at radius 2 is 1.46 bits per heavy atom. The molecule has 1 heterocycles. The zero-order chi connectivity index (χ0) is 28.8. The van der Waals surface area contributed by atoms with Gasteiger partial charge in [-0.05, 0) is 36.1 Å². The molecule has 41 heavy (non-hydrogen) atoms. The highest BCUT2D eigenvalue weighted by Crippen LogP contribution is 2.30. The Kier molecular flexibility index (Phi) is 8.83. The van der Waals surface area contributed by atoms with Crippen LogP contribution < -0.4 is 5.32 Å². The molecule has 3 aromatic carbocycles. The van der Waals surface area contributed by atoms with Gasteiger partial charge in [0.1, 0.15) is 10.9 Å². The van der Waals surface area contributed by atoms with Crippen LogP contribution >= 0.6 is 0 Å². The highest BCUT2D eigenvalue weighted by atomic mass is 32.2. The van der Waals surface area contributed by atoms with E-state index < -0.39 is 27.9 Å². The highest BCUT2D eigenvalue weighted by Gasteiger charge is 2.41. The Balaban J connectivity index is 1.41. The second kappa shape index (κ2) is 12.7. The summed E-state index contributed by atoms with van der Waals surface area (Å²) < 4.78 is 26.9. The van der Waals surface area contributed by atoms with Gasteiger partial charge in [-0.1, -0.05) is 92.1 Å². The molecule has 0 aromatic heterocycles. The van der Waals surface area contributed by atoms with Gasteiger partial charge in [0.05, 0.1) is 5.56 Å². The molecule has 0 spiro atoms. The van der Waals surface area contributed by atoms with E-state index in [1.807, 2.05) is 60.7 Å². The second-order valence-electron chi connectivity index (χ2n) is 10.7. The molecule has 8 nitrogen and oxygen atoms in total. The number of nitrogens with zero attached hydrogens (tertiary/aromatic N) is 2. The van der Waals surface area contributed by atoms with E-state index in [0.717, 1.165) is 47.5 Å². The number of fused-ring (bicyclic) bond motifs is 1. The molecule has 9 heteroatoms. The molecule has 1 atom stereocenters. The predicted octanol–water partition coefficient (Wildman–Crippen LogP) is 4.31. The van der Waals surface area contributed by atoms with E-state index in [1.54, 1.807) is 17.0 Å². The molecule has 1 N–H and O–H groups in total. The van der Waals surface area contributed by atoms with Gasteiger partial charge in [-0.25, -0.2) is 12.7 Å². The molecule has 1 aliphatic heterocycles.